The van der Waals surface area contributed by atoms with Crippen LogP contribution in [0.25, 0.3) is 10.9 Å². The molecule has 1 aromatic heterocycles. The van der Waals surface area contributed by atoms with Crippen LogP contribution in [-0.2, 0) is 0 Å². The molecule has 1 aliphatic rings. The van der Waals surface area contributed by atoms with Gasteiger partial charge in [0.1, 0.15) is 5.82 Å². The highest BCUT2D eigenvalue weighted by atomic mass is 79.9. The van der Waals surface area contributed by atoms with Crippen molar-refractivity contribution in [1.82, 2.24) is 14.9 Å². The van der Waals surface area contributed by atoms with Crippen LogP contribution in [0.2, 0.25) is 5.28 Å². The minimum atomic E-state index is -1.01. The lowest BCUT2D eigenvalue weighted by Gasteiger charge is -2.39. The van der Waals surface area contributed by atoms with Gasteiger partial charge in [0.15, 0.2) is 0 Å². The number of fused-ring (bicyclic) bond motifs is 1. The number of hydrogen-bond acceptors (Lipinski definition) is 5. The number of piperazine rings is 1. The lowest BCUT2D eigenvalue weighted by Crippen LogP contribution is -2.55. The molecule has 1 N–H and O–H groups in total. The second kappa shape index (κ2) is 6.79. The Bertz CT molecular complexity index is 835. The van der Waals surface area contributed by atoms with E-state index in [-0.39, 0.29) is 11.7 Å². The van der Waals surface area contributed by atoms with Gasteiger partial charge in [-0.15, -0.1) is 0 Å². The number of anilines is 1. The highest BCUT2D eigenvalue weighted by molar-refractivity contribution is 9.10. The molecule has 1 aromatic carbocycles. The van der Waals surface area contributed by atoms with Crippen molar-refractivity contribution in [3.05, 3.63) is 28.0 Å². The van der Waals surface area contributed by atoms with Crippen molar-refractivity contribution in [2.45, 2.75) is 12.5 Å². The Hall–Kier alpha value is -2.11. The summed E-state index contributed by atoms with van der Waals surface area (Å²) in [6.07, 6.45) is -0.880. The Labute approximate surface area is 151 Å². The van der Waals surface area contributed by atoms with E-state index in [0.717, 1.165) is 9.86 Å². The third-order valence-corrected chi connectivity index (χ3v) is 4.63. The van der Waals surface area contributed by atoms with Gasteiger partial charge < -0.3 is 14.9 Å². The Morgan fingerprint density at radius 1 is 1.46 bits per heavy atom. The molecule has 7 nitrogen and oxygen atoms in total. The number of carboxylic acid groups (broad SMARTS) is 1. The normalized spacial score (nSPS) is 17.8. The zero-order chi connectivity index (χ0) is 17.3. The Morgan fingerprint density at radius 3 is 2.96 bits per heavy atom. The summed E-state index contributed by atoms with van der Waals surface area (Å²) in [5.41, 5.74) is 0.705. The van der Waals surface area contributed by atoms with Gasteiger partial charge >= 0.3 is 6.09 Å². The maximum Gasteiger partial charge on any atom is 0.407 e. The quantitative estimate of drug-likeness (QED) is 0.765. The predicted molar refractivity (Wildman–Crippen MR) is 93.2 cm³/mol. The van der Waals surface area contributed by atoms with Crippen molar-refractivity contribution in [3.63, 3.8) is 0 Å². The third kappa shape index (κ3) is 3.23. The average molecular weight is 411 g/mol. The fourth-order valence-corrected chi connectivity index (χ4v) is 3.40. The number of rotatable bonds is 2. The number of aromatic nitrogens is 2. The van der Waals surface area contributed by atoms with E-state index in [2.05, 4.69) is 32.0 Å². The molecule has 1 amide bonds. The maximum atomic E-state index is 11.3. The molecule has 1 saturated heterocycles. The number of nitrogens with zero attached hydrogens (tertiary/aromatic N) is 5. The van der Waals surface area contributed by atoms with Crippen molar-refractivity contribution in [3.8, 4) is 6.07 Å². The molecule has 1 fully saturated rings. The molecule has 1 aliphatic heterocycles. The summed E-state index contributed by atoms with van der Waals surface area (Å²) in [4.78, 5) is 23.2. The van der Waals surface area contributed by atoms with E-state index in [0.29, 0.717) is 31.0 Å². The monoisotopic (exact) mass is 409 g/mol. The number of carbonyl (C=O) groups is 1. The summed E-state index contributed by atoms with van der Waals surface area (Å²) < 4.78 is 0.883. The average Bonchev–Trinajstić information content (AvgIpc) is 2.53. The van der Waals surface area contributed by atoms with Crippen LogP contribution in [0.4, 0.5) is 10.6 Å². The number of halogens is 2. The molecular formula is C15H13BrClN5O2. The molecule has 0 radical (unpaired) electrons. The van der Waals surface area contributed by atoms with E-state index in [9.17, 15) is 9.90 Å². The highest BCUT2D eigenvalue weighted by Gasteiger charge is 2.31. The van der Waals surface area contributed by atoms with Gasteiger partial charge in [0.25, 0.3) is 0 Å². The minimum absolute atomic E-state index is 0.130. The second-order valence-electron chi connectivity index (χ2n) is 5.42. The molecule has 124 valence electrons. The van der Waals surface area contributed by atoms with E-state index < -0.39 is 12.1 Å². The van der Waals surface area contributed by atoms with Crippen LogP contribution in [0.15, 0.2) is 22.7 Å². The lowest BCUT2D eigenvalue weighted by atomic mass is 10.1. The first-order valence-corrected chi connectivity index (χ1v) is 8.41. The van der Waals surface area contributed by atoms with Gasteiger partial charge in [-0.1, -0.05) is 15.9 Å². The Kier molecular flexibility index (Phi) is 4.73. The first-order valence-electron chi connectivity index (χ1n) is 7.24. The molecule has 0 aliphatic carbocycles. The van der Waals surface area contributed by atoms with E-state index in [1.54, 1.807) is 0 Å². The molecule has 0 bridgehead atoms. The van der Waals surface area contributed by atoms with Crippen molar-refractivity contribution in [2.24, 2.45) is 0 Å². The van der Waals surface area contributed by atoms with Crippen LogP contribution >= 0.6 is 27.5 Å². The minimum Gasteiger partial charge on any atom is -0.465 e. The topological polar surface area (TPSA) is 93.4 Å². The molecule has 24 heavy (non-hydrogen) atoms. The molecule has 1 atom stereocenters. The summed E-state index contributed by atoms with van der Waals surface area (Å²) >= 11 is 9.46. The van der Waals surface area contributed by atoms with Crippen LogP contribution in [0.5, 0.6) is 0 Å². The molecule has 0 saturated carbocycles. The highest BCUT2D eigenvalue weighted by Crippen LogP contribution is 2.29. The zero-order valence-corrected chi connectivity index (χ0v) is 14.8. The lowest BCUT2D eigenvalue weighted by molar-refractivity contribution is 0.119. The largest absolute Gasteiger partial charge is 0.465 e. The molecule has 0 spiro atoms. The first-order chi connectivity index (χ1) is 11.5. The van der Waals surface area contributed by atoms with Crippen LogP contribution in [0.3, 0.4) is 0 Å². The summed E-state index contributed by atoms with van der Waals surface area (Å²) in [7, 11) is 0. The summed E-state index contributed by atoms with van der Waals surface area (Å²) in [6.45, 7) is 1.17. The third-order valence-electron chi connectivity index (χ3n) is 3.97. The van der Waals surface area contributed by atoms with E-state index >= 15 is 0 Å². The smallest absolute Gasteiger partial charge is 0.407 e. The van der Waals surface area contributed by atoms with E-state index in [4.69, 9.17) is 16.9 Å². The van der Waals surface area contributed by atoms with Crippen LogP contribution < -0.4 is 4.90 Å². The Morgan fingerprint density at radius 2 is 2.25 bits per heavy atom. The van der Waals surface area contributed by atoms with Crippen LogP contribution in [-0.4, -0.2) is 51.7 Å². The second-order valence-corrected chi connectivity index (χ2v) is 6.67. The van der Waals surface area contributed by atoms with Crippen LogP contribution in [0, 0.1) is 11.3 Å². The van der Waals surface area contributed by atoms with Gasteiger partial charge in [-0.25, -0.2) is 9.78 Å². The van der Waals surface area contributed by atoms with Crippen molar-refractivity contribution >= 4 is 50.3 Å². The van der Waals surface area contributed by atoms with Gasteiger partial charge in [0, 0.05) is 29.5 Å². The molecule has 3 rings (SSSR count). The van der Waals surface area contributed by atoms with Gasteiger partial charge in [-0.05, 0) is 29.8 Å². The molecule has 2 heterocycles. The number of nitriles is 1. The summed E-state index contributed by atoms with van der Waals surface area (Å²) in [5, 5.41) is 19.2. The first kappa shape index (κ1) is 16.7. The standard InChI is InChI=1S/C15H13BrClN5O2/c16-9-1-2-11-12(7-9)19-14(17)20-13(11)21-5-6-22(15(23)24)10(8-21)3-4-18/h1-2,7,10H,3,5-6,8H2,(H,23,24). The van der Waals surface area contributed by atoms with Gasteiger partial charge in [-0.2, -0.15) is 10.2 Å². The molecule has 9 heteroatoms. The SMILES string of the molecule is N#CCC1CN(c2nc(Cl)nc3cc(Br)ccc23)CCN1C(=O)O. The number of benzene rings is 1. The van der Waals surface area contributed by atoms with Crippen molar-refractivity contribution in [2.75, 3.05) is 24.5 Å². The zero-order valence-electron chi connectivity index (χ0n) is 12.5. The molecule has 2 aromatic rings. The van der Waals surface area contributed by atoms with E-state index in [1.807, 2.05) is 23.1 Å². The molecular weight excluding hydrogens is 398 g/mol. The summed E-state index contributed by atoms with van der Waals surface area (Å²) in [6, 6.07) is 7.29. The summed E-state index contributed by atoms with van der Waals surface area (Å²) in [5.74, 6) is 0.658. The van der Waals surface area contributed by atoms with Crippen molar-refractivity contribution < 1.29 is 9.90 Å². The maximum absolute atomic E-state index is 11.3. The van der Waals surface area contributed by atoms with Gasteiger partial charge in [-0.3, -0.25) is 0 Å². The van der Waals surface area contributed by atoms with Gasteiger partial charge in [0.05, 0.1) is 24.0 Å². The van der Waals surface area contributed by atoms with E-state index in [1.165, 1.54) is 4.90 Å². The van der Waals surface area contributed by atoms with Crippen molar-refractivity contribution in [1.29, 1.82) is 5.26 Å². The predicted octanol–water partition coefficient (Wildman–Crippen LogP) is 3.13. The Balaban J connectivity index is 1.99. The number of hydrogen-bond donors (Lipinski definition) is 1. The fourth-order valence-electron chi connectivity index (χ4n) is 2.88. The van der Waals surface area contributed by atoms with Crippen LogP contribution in [0.1, 0.15) is 6.42 Å². The number of amides is 1. The molecule has 1 unspecified atom stereocenters. The van der Waals surface area contributed by atoms with Gasteiger partial charge in [0.2, 0.25) is 5.28 Å². The fraction of sp³-hybridized carbons (Fsp3) is 0.333.